The Labute approximate surface area is 131 Å². The lowest BCUT2D eigenvalue weighted by molar-refractivity contribution is -0.136. The summed E-state index contributed by atoms with van der Waals surface area (Å²) in [5.74, 6) is 3.26. The van der Waals surface area contributed by atoms with Crippen LogP contribution in [0.2, 0.25) is 0 Å². The van der Waals surface area contributed by atoms with Gasteiger partial charge < -0.3 is 4.90 Å². The molecule has 0 aromatic heterocycles. The van der Waals surface area contributed by atoms with Crippen molar-refractivity contribution < 1.29 is 4.79 Å². The van der Waals surface area contributed by atoms with E-state index in [-0.39, 0.29) is 11.9 Å². The van der Waals surface area contributed by atoms with Crippen LogP contribution >= 0.6 is 11.8 Å². The van der Waals surface area contributed by atoms with Crippen molar-refractivity contribution in [3.8, 4) is 0 Å². The van der Waals surface area contributed by atoms with E-state index >= 15 is 0 Å². The number of nitrogens with zero attached hydrogens (tertiary/aromatic N) is 2. The highest BCUT2D eigenvalue weighted by Gasteiger charge is 2.33. The van der Waals surface area contributed by atoms with Crippen LogP contribution in [0.15, 0.2) is 30.3 Å². The Hall–Kier alpha value is -1.00. The second-order valence-corrected chi connectivity index (χ2v) is 7.35. The fraction of sp³-hybridized carbons (Fsp3) is 0.588. The predicted molar refractivity (Wildman–Crippen MR) is 88.4 cm³/mol. The minimum Gasteiger partial charge on any atom is -0.344 e. The topological polar surface area (TPSA) is 23.6 Å². The van der Waals surface area contributed by atoms with E-state index < -0.39 is 0 Å². The highest BCUT2D eigenvalue weighted by molar-refractivity contribution is 7.99. The molecule has 1 saturated heterocycles. The van der Waals surface area contributed by atoms with Crippen molar-refractivity contribution in [1.82, 2.24) is 9.80 Å². The molecule has 0 unspecified atom stereocenters. The van der Waals surface area contributed by atoms with Gasteiger partial charge in [-0.2, -0.15) is 11.8 Å². The number of benzene rings is 1. The van der Waals surface area contributed by atoms with Crippen LogP contribution in [-0.4, -0.2) is 53.9 Å². The highest BCUT2D eigenvalue weighted by atomic mass is 32.2. The molecule has 2 fully saturated rings. The molecule has 0 radical (unpaired) electrons. The van der Waals surface area contributed by atoms with Crippen LogP contribution in [-0.2, 0) is 4.79 Å². The third kappa shape index (κ3) is 3.80. The van der Waals surface area contributed by atoms with Gasteiger partial charge in [-0.15, -0.1) is 0 Å². The molecule has 0 spiro atoms. The van der Waals surface area contributed by atoms with Gasteiger partial charge in [-0.1, -0.05) is 30.3 Å². The van der Waals surface area contributed by atoms with Crippen molar-refractivity contribution in [3.05, 3.63) is 35.9 Å². The second-order valence-electron chi connectivity index (χ2n) is 6.12. The van der Waals surface area contributed by atoms with Crippen LogP contribution in [0.3, 0.4) is 0 Å². The third-order valence-corrected chi connectivity index (χ3v) is 5.31. The summed E-state index contributed by atoms with van der Waals surface area (Å²) in [5, 5.41) is 0. The molecule has 3 nitrogen and oxygen atoms in total. The van der Waals surface area contributed by atoms with E-state index in [1.807, 2.05) is 41.9 Å². The average molecular weight is 304 g/mol. The molecule has 3 rings (SSSR count). The van der Waals surface area contributed by atoms with Gasteiger partial charge in [0, 0.05) is 38.2 Å². The van der Waals surface area contributed by atoms with Crippen molar-refractivity contribution in [2.45, 2.75) is 18.9 Å². The molecule has 4 heteroatoms. The molecule has 1 aliphatic carbocycles. The van der Waals surface area contributed by atoms with Crippen molar-refractivity contribution in [2.75, 3.05) is 38.2 Å². The average Bonchev–Trinajstić information content (AvgIpc) is 3.33. The normalized spacial score (nSPS) is 21.0. The van der Waals surface area contributed by atoms with E-state index in [2.05, 4.69) is 17.0 Å². The monoisotopic (exact) mass is 304 g/mol. The molecule has 1 amide bonds. The van der Waals surface area contributed by atoms with Crippen LogP contribution in [0.5, 0.6) is 0 Å². The molecule has 1 aromatic rings. The van der Waals surface area contributed by atoms with Crippen LogP contribution in [0.1, 0.15) is 24.4 Å². The van der Waals surface area contributed by atoms with Gasteiger partial charge in [0.2, 0.25) is 5.91 Å². The summed E-state index contributed by atoms with van der Waals surface area (Å²) in [6.07, 6.45) is 2.57. The van der Waals surface area contributed by atoms with E-state index in [0.717, 1.165) is 42.6 Å². The van der Waals surface area contributed by atoms with E-state index in [9.17, 15) is 4.79 Å². The summed E-state index contributed by atoms with van der Waals surface area (Å²) in [4.78, 5) is 17.3. The summed E-state index contributed by atoms with van der Waals surface area (Å²) >= 11 is 1.99. The lowest BCUT2D eigenvalue weighted by Gasteiger charge is -2.35. The summed E-state index contributed by atoms with van der Waals surface area (Å²) in [6, 6.07) is 10.2. The lowest BCUT2D eigenvalue weighted by atomic mass is 10.0. The fourth-order valence-electron chi connectivity index (χ4n) is 2.97. The van der Waals surface area contributed by atoms with Gasteiger partial charge in [0.05, 0.1) is 0 Å². The van der Waals surface area contributed by atoms with E-state index in [1.165, 1.54) is 12.8 Å². The molecular formula is C17H24N2OS. The molecule has 0 bridgehead atoms. The summed E-state index contributed by atoms with van der Waals surface area (Å²) in [7, 11) is 1.97. The van der Waals surface area contributed by atoms with Crippen molar-refractivity contribution in [2.24, 2.45) is 5.92 Å². The maximum atomic E-state index is 13.0. The van der Waals surface area contributed by atoms with Crippen LogP contribution in [0.25, 0.3) is 0 Å². The molecule has 0 N–H and O–H groups in total. The Kier molecular flexibility index (Phi) is 4.86. The van der Waals surface area contributed by atoms with Gasteiger partial charge in [-0.3, -0.25) is 9.69 Å². The highest BCUT2D eigenvalue weighted by Crippen LogP contribution is 2.31. The summed E-state index contributed by atoms with van der Waals surface area (Å²) in [6.45, 7) is 2.94. The number of hydrogen-bond acceptors (Lipinski definition) is 3. The predicted octanol–water partition coefficient (Wildman–Crippen LogP) is 2.64. The molecule has 1 aromatic carbocycles. The zero-order chi connectivity index (χ0) is 14.7. The van der Waals surface area contributed by atoms with Crippen LogP contribution < -0.4 is 0 Å². The van der Waals surface area contributed by atoms with Gasteiger partial charge in [-0.05, 0) is 24.3 Å². The first-order valence-electron chi connectivity index (χ1n) is 7.87. The summed E-state index contributed by atoms with van der Waals surface area (Å²) in [5.41, 5.74) is 1.14. The Balaban J connectivity index is 1.78. The zero-order valence-electron chi connectivity index (χ0n) is 12.7. The molecule has 1 saturated carbocycles. The number of thioether (sulfide) groups is 1. The molecule has 1 atom stereocenters. The Morgan fingerprint density at radius 2 is 1.95 bits per heavy atom. The van der Waals surface area contributed by atoms with Crippen molar-refractivity contribution in [3.63, 3.8) is 0 Å². The van der Waals surface area contributed by atoms with Gasteiger partial charge in [-0.25, -0.2) is 0 Å². The largest absolute Gasteiger partial charge is 0.344 e. The maximum Gasteiger partial charge on any atom is 0.244 e. The molecule has 1 heterocycles. The minimum absolute atomic E-state index is 0.101. The standard InChI is InChI=1S/C17H24N2OS/c1-18(13-14-7-8-14)17(20)16(15-5-3-2-4-6-15)19-9-11-21-12-10-19/h2-6,14,16H,7-13H2,1H3/t16-/m1/s1. The van der Waals surface area contributed by atoms with E-state index in [1.54, 1.807) is 0 Å². The fourth-order valence-corrected chi connectivity index (χ4v) is 3.90. The second kappa shape index (κ2) is 6.84. The van der Waals surface area contributed by atoms with Gasteiger partial charge in [0.25, 0.3) is 0 Å². The van der Waals surface area contributed by atoms with Crippen LogP contribution in [0, 0.1) is 5.92 Å². The Bertz CT molecular complexity index is 469. The number of carbonyl (C=O) groups is 1. The first-order chi connectivity index (χ1) is 10.3. The number of carbonyl (C=O) groups excluding carboxylic acids is 1. The zero-order valence-corrected chi connectivity index (χ0v) is 13.5. The number of hydrogen-bond donors (Lipinski definition) is 0. The third-order valence-electron chi connectivity index (χ3n) is 4.37. The number of rotatable bonds is 5. The van der Waals surface area contributed by atoms with Gasteiger partial charge >= 0.3 is 0 Å². The van der Waals surface area contributed by atoms with Crippen molar-refractivity contribution in [1.29, 1.82) is 0 Å². The molecule has 2 aliphatic rings. The quantitative estimate of drug-likeness (QED) is 0.835. The molecule has 1 aliphatic heterocycles. The van der Waals surface area contributed by atoms with Gasteiger partial charge in [0.15, 0.2) is 0 Å². The number of amides is 1. The molecule has 21 heavy (non-hydrogen) atoms. The Morgan fingerprint density at radius 1 is 1.29 bits per heavy atom. The van der Waals surface area contributed by atoms with E-state index in [4.69, 9.17) is 0 Å². The summed E-state index contributed by atoms with van der Waals surface area (Å²) < 4.78 is 0. The molecular weight excluding hydrogens is 280 g/mol. The smallest absolute Gasteiger partial charge is 0.244 e. The van der Waals surface area contributed by atoms with Gasteiger partial charge in [0.1, 0.15) is 6.04 Å². The molecule has 114 valence electrons. The first-order valence-corrected chi connectivity index (χ1v) is 9.03. The van der Waals surface area contributed by atoms with Crippen molar-refractivity contribution >= 4 is 17.7 Å². The lowest BCUT2D eigenvalue weighted by Crippen LogP contribution is -2.45. The van der Waals surface area contributed by atoms with Crippen LogP contribution in [0.4, 0.5) is 0 Å². The maximum absolute atomic E-state index is 13.0. The van der Waals surface area contributed by atoms with E-state index in [0.29, 0.717) is 0 Å². The number of likely N-dealkylation sites (N-methyl/N-ethyl adjacent to an activating group) is 1. The SMILES string of the molecule is CN(CC1CC1)C(=O)[C@@H](c1ccccc1)N1CCSCC1. The minimum atomic E-state index is -0.101. The Morgan fingerprint density at radius 3 is 2.57 bits per heavy atom. The first kappa shape index (κ1) is 14.9.